The van der Waals surface area contributed by atoms with Crippen LogP contribution in [0.25, 0.3) is 0 Å². The van der Waals surface area contributed by atoms with Crippen molar-refractivity contribution in [1.29, 1.82) is 5.26 Å². The summed E-state index contributed by atoms with van der Waals surface area (Å²) in [6, 6.07) is 6.30. The van der Waals surface area contributed by atoms with Gasteiger partial charge in [-0.3, -0.25) is 4.79 Å². The molecule has 0 saturated heterocycles. The molecule has 0 heterocycles. The van der Waals surface area contributed by atoms with Crippen LogP contribution in [0.3, 0.4) is 0 Å². The standard InChI is InChI=1S/C15H16ClFN2O/c16-11-6-5-7-12(17)13(11)14(20)19-15(10-18)8-3-1-2-4-9-15/h5-7H,1-4,8-9H2,(H,19,20). The number of amides is 1. The number of carbonyl (C=O) groups is 1. The average Bonchev–Trinajstić information content (AvgIpc) is 2.64. The number of nitriles is 1. The topological polar surface area (TPSA) is 52.9 Å². The normalized spacial score (nSPS) is 17.9. The number of carbonyl (C=O) groups excluding carboxylic acids is 1. The quantitative estimate of drug-likeness (QED) is 0.843. The highest BCUT2D eigenvalue weighted by Gasteiger charge is 2.33. The van der Waals surface area contributed by atoms with Gasteiger partial charge in [0, 0.05) is 0 Å². The minimum atomic E-state index is -0.904. The first kappa shape index (κ1) is 14.8. The van der Waals surface area contributed by atoms with Crippen molar-refractivity contribution in [3.05, 3.63) is 34.6 Å². The van der Waals surface area contributed by atoms with Crippen molar-refractivity contribution in [3.63, 3.8) is 0 Å². The van der Waals surface area contributed by atoms with Crippen molar-refractivity contribution in [3.8, 4) is 6.07 Å². The van der Waals surface area contributed by atoms with Crippen molar-refractivity contribution in [2.75, 3.05) is 0 Å². The second-order valence-electron chi connectivity index (χ2n) is 5.16. The molecule has 1 aliphatic carbocycles. The van der Waals surface area contributed by atoms with Crippen LogP contribution in [0.4, 0.5) is 4.39 Å². The molecule has 2 rings (SSSR count). The molecule has 0 aromatic heterocycles. The van der Waals surface area contributed by atoms with Crippen LogP contribution in [0.2, 0.25) is 5.02 Å². The first-order valence-corrected chi connectivity index (χ1v) is 7.13. The summed E-state index contributed by atoms with van der Waals surface area (Å²) in [5, 5.41) is 12.2. The Kier molecular flexibility index (Phi) is 4.61. The van der Waals surface area contributed by atoms with E-state index in [0.29, 0.717) is 12.8 Å². The molecule has 0 unspecified atom stereocenters. The van der Waals surface area contributed by atoms with E-state index < -0.39 is 17.3 Å². The van der Waals surface area contributed by atoms with Crippen molar-refractivity contribution < 1.29 is 9.18 Å². The molecule has 1 aromatic carbocycles. The lowest BCUT2D eigenvalue weighted by Crippen LogP contribution is -2.47. The third-order valence-corrected chi connectivity index (χ3v) is 4.03. The van der Waals surface area contributed by atoms with Gasteiger partial charge in [0.2, 0.25) is 0 Å². The van der Waals surface area contributed by atoms with E-state index in [0.717, 1.165) is 25.7 Å². The number of halogens is 2. The molecular weight excluding hydrogens is 279 g/mol. The fourth-order valence-electron chi connectivity index (χ4n) is 2.59. The number of benzene rings is 1. The Labute approximate surface area is 122 Å². The summed E-state index contributed by atoms with van der Waals surface area (Å²) in [5.74, 6) is -1.28. The van der Waals surface area contributed by atoms with Crippen LogP contribution in [-0.2, 0) is 0 Å². The second-order valence-corrected chi connectivity index (χ2v) is 5.57. The Balaban J connectivity index is 2.23. The Morgan fingerprint density at radius 3 is 2.50 bits per heavy atom. The SMILES string of the molecule is N#CC1(NC(=O)c2c(F)cccc2Cl)CCCCCC1. The van der Waals surface area contributed by atoms with Crippen LogP contribution in [0.1, 0.15) is 48.9 Å². The summed E-state index contributed by atoms with van der Waals surface area (Å²) < 4.78 is 13.7. The number of hydrogen-bond donors (Lipinski definition) is 1. The molecule has 1 aliphatic rings. The van der Waals surface area contributed by atoms with Gasteiger partial charge in [0.15, 0.2) is 0 Å². The van der Waals surface area contributed by atoms with Crippen LogP contribution in [-0.4, -0.2) is 11.4 Å². The van der Waals surface area contributed by atoms with E-state index in [-0.39, 0.29) is 10.6 Å². The van der Waals surface area contributed by atoms with Gasteiger partial charge in [0.25, 0.3) is 5.91 Å². The van der Waals surface area contributed by atoms with Crippen molar-refractivity contribution in [1.82, 2.24) is 5.32 Å². The summed E-state index contributed by atoms with van der Waals surface area (Å²) in [4.78, 5) is 12.2. The van der Waals surface area contributed by atoms with E-state index in [1.54, 1.807) is 0 Å². The van der Waals surface area contributed by atoms with Gasteiger partial charge in [0.1, 0.15) is 11.4 Å². The number of hydrogen-bond acceptors (Lipinski definition) is 2. The molecule has 5 heteroatoms. The molecule has 0 atom stereocenters. The predicted octanol–water partition coefficient (Wildman–Crippen LogP) is 3.83. The fraction of sp³-hybridized carbons (Fsp3) is 0.467. The highest BCUT2D eigenvalue weighted by molar-refractivity contribution is 6.33. The van der Waals surface area contributed by atoms with Crippen LogP contribution >= 0.6 is 11.6 Å². The molecule has 0 bridgehead atoms. The predicted molar refractivity (Wildman–Crippen MR) is 74.9 cm³/mol. The zero-order valence-electron chi connectivity index (χ0n) is 11.1. The second kappa shape index (κ2) is 6.23. The maximum absolute atomic E-state index is 13.7. The lowest BCUT2D eigenvalue weighted by Gasteiger charge is -2.26. The lowest BCUT2D eigenvalue weighted by atomic mass is 9.91. The Bertz CT molecular complexity index is 525. The van der Waals surface area contributed by atoms with E-state index in [4.69, 9.17) is 11.6 Å². The van der Waals surface area contributed by atoms with E-state index in [2.05, 4.69) is 11.4 Å². The molecule has 1 amide bonds. The third kappa shape index (κ3) is 3.10. The van der Waals surface area contributed by atoms with Gasteiger partial charge in [-0.05, 0) is 25.0 Å². The molecule has 20 heavy (non-hydrogen) atoms. The minimum absolute atomic E-state index is 0.0595. The first-order valence-electron chi connectivity index (χ1n) is 6.76. The highest BCUT2D eigenvalue weighted by Crippen LogP contribution is 2.28. The first-order chi connectivity index (χ1) is 9.58. The van der Waals surface area contributed by atoms with Gasteiger partial charge in [-0.1, -0.05) is 43.4 Å². The molecule has 106 valence electrons. The molecule has 0 aliphatic heterocycles. The monoisotopic (exact) mass is 294 g/mol. The number of rotatable bonds is 2. The molecule has 0 spiro atoms. The van der Waals surface area contributed by atoms with Crippen LogP contribution in [0.5, 0.6) is 0 Å². The average molecular weight is 295 g/mol. The molecule has 1 fully saturated rings. The highest BCUT2D eigenvalue weighted by atomic mass is 35.5. The molecule has 1 saturated carbocycles. The van der Waals surface area contributed by atoms with Gasteiger partial charge in [0.05, 0.1) is 16.7 Å². The maximum Gasteiger partial charge on any atom is 0.257 e. The number of nitrogens with one attached hydrogen (secondary N) is 1. The zero-order chi connectivity index (χ0) is 14.6. The lowest BCUT2D eigenvalue weighted by molar-refractivity contribution is 0.0909. The largest absolute Gasteiger partial charge is 0.334 e. The Morgan fingerprint density at radius 1 is 1.30 bits per heavy atom. The Hall–Kier alpha value is -1.60. The summed E-state index contributed by atoms with van der Waals surface area (Å²) in [6.07, 6.45) is 5.08. The molecule has 3 nitrogen and oxygen atoms in total. The van der Waals surface area contributed by atoms with E-state index in [9.17, 15) is 14.4 Å². The maximum atomic E-state index is 13.7. The molecule has 1 N–H and O–H groups in total. The molecule has 1 aromatic rings. The number of nitrogens with zero attached hydrogens (tertiary/aromatic N) is 1. The van der Waals surface area contributed by atoms with Crippen LogP contribution < -0.4 is 5.32 Å². The zero-order valence-corrected chi connectivity index (χ0v) is 11.8. The van der Waals surface area contributed by atoms with Crippen LogP contribution in [0.15, 0.2) is 18.2 Å². The molecule has 0 radical (unpaired) electrons. The van der Waals surface area contributed by atoms with Gasteiger partial charge in [-0.25, -0.2) is 4.39 Å². The van der Waals surface area contributed by atoms with Gasteiger partial charge in [-0.2, -0.15) is 5.26 Å². The minimum Gasteiger partial charge on any atom is -0.334 e. The van der Waals surface area contributed by atoms with Gasteiger partial charge < -0.3 is 5.32 Å². The van der Waals surface area contributed by atoms with E-state index in [1.165, 1.54) is 18.2 Å². The summed E-state index contributed by atoms with van der Waals surface area (Å²) in [5.41, 5.74) is -1.09. The van der Waals surface area contributed by atoms with E-state index in [1.807, 2.05) is 0 Å². The van der Waals surface area contributed by atoms with Crippen molar-refractivity contribution >= 4 is 17.5 Å². The summed E-state index contributed by atoms with van der Waals surface area (Å²) in [6.45, 7) is 0. The smallest absolute Gasteiger partial charge is 0.257 e. The van der Waals surface area contributed by atoms with Crippen molar-refractivity contribution in [2.45, 2.75) is 44.1 Å². The van der Waals surface area contributed by atoms with Crippen LogP contribution in [0, 0.1) is 17.1 Å². The van der Waals surface area contributed by atoms with Gasteiger partial charge >= 0.3 is 0 Å². The summed E-state index contributed by atoms with van der Waals surface area (Å²) in [7, 11) is 0. The molecular formula is C15H16ClFN2O. The fourth-order valence-corrected chi connectivity index (χ4v) is 2.84. The van der Waals surface area contributed by atoms with E-state index >= 15 is 0 Å². The van der Waals surface area contributed by atoms with Gasteiger partial charge in [-0.15, -0.1) is 0 Å². The Morgan fingerprint density at radius 2 is 1.95 bits per heavy atom. The third-order valence-electron chi connectivity index (χ3n) is 3.71. The van der Waals surface area contributed by atoms with Crippen molar-refractivity contribution in [2.24, 2.45) is 0 Å². The summed E-state index contributed by atoms with van der Waals surface area (Å²) >= 11 is 5.88.